The maximum atomic E-state index is 13.1. The van der Waals surface area contributed by atoms with Crippen molar-refractivity contribution in [3.63, 3.8) is 0 Å². The second kappa shape index (κ2) is 7.28. The Balaban J connectivity index is 2.04. The number of carbonyl (C=O) groups is 1. The first-order chi connectivity index (χ1) is 12.0. The van der Waals surface area contributed by atoms with Crippen molar-refractivity contribution in [2.45, 2.75) is 11.3 Å². The van der Waals surface area contributed by atoms with Crippen molar-refractivity contribution >= 4 is 21.4 Å². The molecule has 0 spiro atoms. The minimum Gasteiger partial charge on any atom is -0.406 e. The van der Waals surface area contributed by atoms with Gasteiger partial charge in [0.2, 0.25) is 5.91 Å². The zero-order valence-corrected chi connectivity index (χ0v) is 13.5. The molecule has 2 rings (SSSR count). The maximum absolute atomic E-state index is 13.1. The van der Waals surface area contributed by atoms with Gasteiger partial charge in [-0.3, -0.25) is 4.79 Å². The zero-order valence-electron chi connectivity index (χ0n) is 12.7. The Kier molecular flexibility index (Phi) is 5.50. The lowest BCUT2D eigenvalue weighted by Crippen LogP contribution is -2.23. The van der Waals surface area contributed by atoms with E-state index in [-0.39, 0.29) is 5.69 Å². The first-order valence-corrected chi connectivity index (χ1v) is 8.45. The van der Waals surface area contributed by atoms with Crippen LogP contribution >= 0.6 is 0 Å². The summed E-state index contributed by atoms with van der Waals surface area (Å²) >= 11 is 0. The van der Waals surface area contributed by atoms with Crippen molar-refractivity contribution in [1.82, 2.24) is 0 Å². The topological polar surface area (TPSA) is 72.5 Å². The number of rotatable bonds is 5. The molecule has 1 N–H and O–H groups in total. The van der Waals surface area contributed by atoms with Crippen molar-refractivity contribution in [2.75, 3.05) is 11.1 Å². The molecule has 0 aliphatic heterocycles. The number of amides is 1. The van der Waals surface area contributed by atoms with Crippen LogP contribution in [0.15, 0.2) is 47.4 Å². The van der Waals surface area contributed by atoms with Crippen LogP contribution in [0, 0.1) is 11.6 Å². The van der Waals surface area contributed by atoms with E-state index in [1.165, 1.54) is 0 Å². The molecule has 26 heavy (non-hydrogen) atoms. The van der Waals surface area contributed by atoms with Gasteiger partial charge in [0.05, 0.1) is 4.90 Å². The lowest BCUT2D eigenvalue weighted by atomic mass is 10.3. The van der Waals surface area contributed by atoms with Gasteiger partial charge in [-0.15, -0.1) is 13.2 Å². The summed E-state index contributed by atoms with van der Waals surface area (Å²) in [5, 5.41) is 2.16. The van der Waals surface area contributed by atoms with Crippen molar-refractivity contribution < 1.29 is 39.9 Å². The van der Waals surface area contributed by atoms with Crippen molar-refractivity contribution in [3.8, 4) is 5.75 Å². The number of hydrogen-bond donors (Lipinski definition) is 1. The molecule has 2 aromatic carbocycles. The third kappa shape index (κ3) is 5.41. The number of carbonyl (C=O) groups excluding carboxylic acids is 1. The quantitative estimate of drug-likeness (QED) is 0.623. The Morgan fingerprint density at radius 1 is 1.00 bits per heavy atom. The number of halogens is 5. The molecule has 0 saturated carbocycles. The van der Waals surface area contributed by atoms with E-state index in [4.69, 9.17) is 0 Å². The van der Waals surface area contributed by atoms with Gasteiger partial charge in [0.15, 0.2) is 21.5 Å². The summed E-state index contributed by atoms with van der Waals surface area (Å²) in [5.74, 6) is -5.23. The highest BCUT2D eigenvalue weighted by Crippen LogP contribution is 2.24. The number of benzene rings is 2. The summed E-state index contributed by atoms with van der Waals surface area (Å²) in [4.78, 5) is 11.2. The zero-order chi connectivity index (χ0) is 19.5. The molecule has 5 nitrogen and oxygen atoms in total. The van der Waals surface area contributed by atoms with Gasteiger partial charge in [-0.25, -0.2) is 17.2 Å². The molecule has 0 heterocycles. The van der Waals surface area contributed by atoms with Crippen molar-refractivity contribution in [3.05, 3.63) is 54.1 Å². The van der Waals surface area contributed by atoms with Crippen molar-refractivity contribution in [2.24, 2.45) is 0 Å². The van der Waals surface area contributed by atoms with Gasteiger partial charge in [0.1, 0.15) is 11.5 Å². The molecule has 2 aromatic rings. The Labute approximate surface area is 144 Å². The molecule has 0 bridgehead atoms. The van der Waals surface area contributed by atoms with E-state index in [0.717, 1.165) is 30.3 Å². The molecule has 11 heteroatoms. The van der Waals surface area contributed by atoms with E-state index < -0.39 is 50.1 Å². The monoisotopic (exact) mass is 395 g/mol. The van der Waals surface area contributed by atoms with Gasteiger partial charge in [0, 0.05) is 5.69 Å². The molecule has 0 aliphatic carbocycles. The summed E-state index contributed by atoms with van der Waals surface area (Å²) in [6, 6.07) is 5.86. The standard InChI is InChI=1S/C15H10F5NO4S/c16-12-6-5-11(7-13(12)17)26(23,24)8-14(22)21-9-1-3-10(4-2-9)25-15(18,19)20/h1-7H,8H2,(H,21,22). The van der Waals surface area contributed by atoms with Gasteiger partial charge in [-0.1, -0.05) is 0 Å². The highest BCUT2D eigenvalue weighted by atomic mass is 32.2. The minimum atomic E-state index is -4.87. The molecule has 140 valence electrons. The summed E-state index contributed by atoms with van der Waals surface area (Å²) in [5.41, 5.74) is 0.0185. The van der Waals surface area contributed by atoms with Crippen LogP contribution in [0.2, 0.25) is 0 Å². The average Bonchev–Trinajstić information content (AvgIpc) is 2.50. The highest BCUT2D eigenvalue weighted by molar-refractivity contribution is 7.92. The lowest BCUT2D eigenvalue weighted by molar-refractivity contribution is -0.274. The number of nitrogens with one attached hydrogen (secondary N) is 1. The highest BCUT2D eigenvalue weighted by Gasteiger charge is 2.31. The lowest BCUT2D eigenvalue weighted by Gasteiger charge is -2.10. The molecular weight excluding hydrogens is 385 g/mol. The number of anilines is 1. The molecule has 0 aliphatic rings. The van der Waals surface area contributed by atoms with Crippen LogP contribution in [0.25, 0.3) is 0 Å². The number of hydrogen-bond acceptors (Lipinski definition) is 4. The second-order valence-electron chi connectivity index (χ2n) is 4.96. The number of ether oxygens (including phenoxy) is 1. The predicted octanol–water partition coefficient (Wildman–Crippen LogP) is 3.28. The molecule has 0 fully saturated rings. The van der Waals surface area contributed by atoms with Gasteiger partial charge in [-0.05, 0) is 42.5 Å². The van der Waals surface area contributed by atoms with Gasteiger partial charge >= 0.3 is 6.36 Å². The maximum Gasteiger partial charge on any atom is 0.573 e. The molecular formula is C15H10F5NO4S. The molecule has 1 amide bonds. The SMILES string of the molecule is O=C(CS(=O)(=O)c1ccc(F)c(F)c1)Nc1ccc(OC(F)(F)F)cc1. The first-order valence-electron chi connectivity index (χ1n) is 6.80. The summed E-state index contributed by atoms with van der Waals surface area (Å²) in [6.07, 6.45) is -4.87. The smallest absolute Gasteiger partial charge is 0.406 e. The molecule has 0 unspecified atom stereocenters. The van der Waals surface area contributed by atoms with E-state index in [0.29, 0.717) is 12.1 Å². The fraction of sp³-hybridized carbons (Fsp3) is 0.133. The van der Waals surface area contributed by atoms with E-state index in [9.17, 15) is 35.2 Å². The number of alkyl halides is 3. The van der Waals surface area contributed by atoms with Crippen LogP contribution in [-0.2, 0) is 14.6 Å². The Morgan fingerprint density at radius 3 is 2.15 bits per heavy atom. The third-order valence-electron chi connectivity index (χ3n) is 2.94. The van der Waals surface area contributed by atoms with E-state index in [1.54, 1.807) is 0 Å². The van der Waals surface area contributed by atoms with Gasteiger partial charge < -0.3 is 10.1 Å². The third-order valence-corrected chi connectivity index (χ3v) is 4.56. The minimum absolute atomic E-state index is 0.0185. The van der Waals surface area contributed by atoms with Crippen molar-refractivity contribution in [1.29, 1.82) is 0 Å². The predicted molar refractivity (Wildman–Crippen MR) is 80.2 cm³/mol. The van der Waals surface area contributed by atoms with E-state index in [2.05, 4.69) is 10.1 Å². The van der Waals surface area contributed by atoms with E-state index >= 15 is 0 Å². The first kappa shape index (κ1) is 19.6. The van der Waals surface area contributed by atoms with Crippen LogP contribution in [0.3, 0.4) is 0 Å². The Morgan fingerprint density at radius 2 is 1.62 bits per heavy atom. The normalized spacial score (nSPS) is 11.9. The van der Waals surface area contributed by atoms with Crippen LogP contribution in [0.4, 0.5) is 27.6 Å². The second-order valence-corrected chi connectivity index (χ2v) is 6.94. The van der Waals surface area contributed by atoms with Gasteiger partial charge in [0.25, 0.3) is 0 Å². The number of sulfone groups is 1. The summed E-state index contributed by atoms with van der Waals surface area (Å²) in [7, 11) is -4.24. The van der Waals surface area contributed by atoms with Crippen LogP contribution in [0.1, 0.15) is 0 Å². The van der Waals surface area contributed by atoms with Crippen LogP contribution in [-0.4, -0.2) is 26.4 Å². The fourth-order valence-electron chi connectivity index (χ4n) is 1.86. The largest absolute Gasteiger partial charge is 0.573 e. The molecule has 0 aromatic heterocycles. The Hall–Kier alpha value is -2.69. The summed E-state index contributed by atoms with van der Waals surface area (Å²) in [6.45, 7) is 0. The average molecular weight is 395 g/mol. The van der Waals surface area contributed by atoms with Gasteiger partial charge in [-0.2, -0.15) is 0 Å². The fourth-order valence-corrected chi connectivity index (χ4v) is 3.01. The summed E-state index contributed by atoms with van der Waals surface area (Å²) < 4.78 is 89.8. The molecule has 0 saturated heterocycles. The molecule has 0 radical (unpaired) electrons. The molecule has 0 atom stereocenters. The van der Waals surface area contributed by atoms with Crippen LogP contribution in [0.5, 0.6) is 5.75 Å². The van der Waals surface area contributed by atoms with Crippen LogP contribution < -0.4 is 10.1 Å². The Bertz CT molecular complexity index is 911. The van der Waals surface area contributed by atoms with E-state index in [1.807, 2.05) is 0 Å².